The molecule has 0 aliphatic heterocycles. The molecule has 0 saturated carbocycles. The molecule has 1 N–H and O–H groups in total. The molecular weight excluding hydrogens is 269 g/mol. The van der Waals surface area contributed by atoms with Crippen molar-refractivity contribution < 1.29 is 9.90 Å². The Morgan fingerprint density at radius 1 is 1.43 bits per heavy atom. The lowest BCUT2D eigenvalue weighted by molar-refractivity contribution is 0.197. The minimum atomic E-state index is -1.01. The molecule has 0 aliphatic rings. The minimum absolute atomic E-state index is 0.570. The molecule has 3 nitrogen and oxygen atoms in total. The van der Waals surface area contributed by atoms with Gasteiger partial charge in [-0.2, -0.15) is 0 Å². The predicted octanol–water partition coefficient (Wildman–Crippen LogP) is 3.58. The fourth-order valence-electron chi connectivity index (χ4n) is 1.32. The van der Waals surface area contributed by atoms with Crippen LogP contribution < -0.4 is 0 Å². The first kappa shape index (κ1) is 9.55. The SMILES string of the molecule is O=C(O)n1ccc2c(Br)c(Cl)ccc21. The highest BCUT2D eigenvalue weighted by Gasteiger charge is 2.10. The van der Waals surface area contributed by atoms with Crippen LogP contribution in [0.4, 0.5) is 4.79 Å². The lowest BCUT2D eigenvalue weighted by Gasteiger charge is -2.00. The Hall–Kier alpha value is -1.00. The molecule has 5 heteroatoms. The molecule has 0 fully saturated rings. The molecule has 1 heterocycles. The van der Waals surface area contributed by atoms with Crippen LogP contribution >= 0.6 is 27.5 Å². The van der Waals surface area contributed by atoms with Gasteiger partial charge in [0.15, 0.2) is 0 Å². The first-order chi connectivity index (χ1) is 6.61. The third-order valence-corrected chi connectivity index (χ3v) is 3.36. The van der Waals surface area contributed by atoms with Crippen LogP contribution in [0.25, 0.3) is 10.9 Å². The zero-order valence-corrected chi connectivity index (χ0v) is 9.21. The fourth-order valence-corrected chi connectivity index (χ4v) is 1.95. The van der Waals surface area contributed by atoms with Gasteiger partial charge in [0.1, 0.15) is 0 Å². The predicted molar refractivity (Wildman–Crippen MR) is 58.1 cm³/mol. The zero-order valence-electron chi connectivity index (χ0n) is 6.87. The van der Waals surface area contributed by atoms with Crippen molar-refractivity contribution in [2.75, 3.05) is 0 Å². The van der Waals surface area contributed by atoms with Gasteiger partial charge in [0.25, 0.3) is 0 Å². The Kier molecular flexibility index (Phi) is 2.25. The number of carboxylic acid groups (broad SMARTS) is 1. The Labute approximate surface area is 93.0 Å². The van der Waals surface area contributed by atoms with E-state index in [0.29, 0.717) is 10.5 Å². The molecule has 1 aromatic carbocycles. The maximum Gasteiger partial charge on any atom is 0.415 e. The Balaban J connectivity index is 2.83. The number of aromatic nitrogens is 1. The molecule has 14 heavy (non-hydrogen) atoms. The molecule has 1 aromatic heterocycles. The number of hydrogen-bond acceptors (Lipinski definition) is 1. The van der Waals surface area contributed by atoms with E-state index < -0.39 is 6.09 Å². The van der Waals surface area contributed by atoms with Gasteiger partial charge in [-0.05, 0) is 34.1 Å². The molecule has 0 radical (unpaired) electrons. The molecule has 0 bridgehead atoms. The maximum absolute atomic E-state index is 10.8. The van der Waals surface area contributed by atoms with Crippen LogP contribution in [0.5, 0.6) is 0 Å². The highest BCUT2D eigenvalue weighted by Crippen LogP contribution is 2.31. The van der Waals surface area contributed by atoms with Gasteiger partial charge in [0.05, 0.1) is 10.5 Å². The average molecular weight is 275 g/mol. The number of fused-ring (bicyclic) bond motifs is 1. The number of benzene rings is 1. The molecule has 72 valence electrons. The van der Waals surface area contributed by atoms with Gasteiger partial charge in [0, 0.05) is 16.1 Å². The molecule has 2 aromatic rings. The van der Waals surface area contributed by atoms with Crippen LogP contribution in [-0.4, -0.2) is 15.8 Å². The van der Waals surface area contributed by atoms with E-state index in [2.05, 4.69) is 15.9 Å². The van der Waals surface area contributed by atoms with Crippen molar-refractivity contribution in [3.8, 4) is 0 Å². The summed E-state index contributed by atoms with van der Waals surface area (Å²) in [7, 11) is 0. The zero-order chi connectivity index (χ0) is 10.3. The topological polar surface area (TPSA) is 42.2 Å². The van der Waals surface area contributed by atoms with Gasteiger partial charge in [-0.25, -0.2) is 4.79 Å². The number of halogens is 2. The molecule has 0 saturated heterocycles. The molecule has 0 spiro atoms. The summed E-state index contributed by atoms with van der Waals surface area (Å²) in [4.78, 5) is 10.8. The second kappa shape index (κ2) is 3.29. The van der Waals surface area contributed by atoms with Crippen LogP contribution in [0.1, 0.15) is 0 Å². The number of rotatable bonds is 0. The van der Waals surface area contributed by atoms with E-state index in [1.807, 2.05) is 0 Å². The van der Waals surface area contributed by atoms with Gasteiger partial charge < -0.3 is 5.11 Å². The maximum atomic E-state index is 10.8. The Morgan fingerprint density at radius 2 is 2.14 bits per heavy atom. The summed E-state index contributed by atoms with van der Waals surface area (Å²) in [5.41, 5.74) is 0.619. The van der Waals surface area contributed by atoms with Crippen molar-refractivity contribution >= 4 is 44.5 Å². The van der Waals surface area contributed by atoms with Crippen LogP contribution in [0.2, 0.25) is 5.02 Å². The third kappa shape index (κ3) is 1.31. The monoisotopic (exact) mass is 273 g/mol. The van der Waals surface area contributed by atoms with E-state index in [1.165, 1.54) is 6.20 Å². The van der Waals surface area contributed by atoms with Gasteiger partial charge >= 0.3 is 6.09 Å². The lowest BCUT2D eigenvalue weighted by atomic mass is 10.2. The summed E-state index contributed by atoms with van der Waals surface area (Å²) < 4.78 is 1.87. The van der Waals surface area contributed by atoms with Crippen molar-refractivity contribution in [3.05, 3.63) is 33.9 Å². The van der Waals surface area contributed by atoms with E-state index in [0.717, 1.165) is 14.4 Å². The summed E-state index contributed by atoms with van der Waals surface area (Å²) in [6, 6.07) is 5.05. The largest absolute Gasteiger partial charge is 0.464 e. The normalized spacial score (nSPS) is 10.7. The Morgan fingerprint density at radius 3 is 2.79 bits per heavy atom. The molecule has 2 rings (SSSR count). The van der Waals surface area contributed by atoms with Gasteiger partial charge in [-0.15, -0.1) is 0 Å². The molecule has 0 atom stereocenters. The highest BCUT2D eigenvalue weighted by molar-refractivity contribution is 9.10. The number of nitrogens with zero attached hydrogens (tertiary/aromatic N) is 1. The smallest absolute Gasteiger partial charge is 0.415 e. The first-order valence-electron chi connectivity index (χ1n) is 3.79. The van der Waals surface area contributed by atoms with E-state index in [4.69, 9.17) is 16.7 Å². The Bertz CT molecular complexity index is 521. The van der Waals surface area contributed by atoms with Gasteiger partial charge in [0.2, 0.25) is 0 Å². The van der Waals surface area contributed by atoms with Gasteiger partial charge in [-0.3, -0.25) is 4.57 Å². The average Bonchev–Trinajstić information content (AvgIpc) is 2.55. The van der Waals surface area contributed by atoms with E-state index in [9.17, 15) is 4.79 Å². The molecule has 0 amide bonds. The second-order valence-corrected chi connectivity index (χ2v) is 3.96. The van der Waals surface area contributed by atoms with Crippen LogP contribution in [0, 0.1) is 0 Å². The molecular formula is C9H5BrClNO2. The summed E-state index contributed by atoms with van der Waals surface area (Å²) in [5, 5.41) is 10.2. The second-order valence-electron chi connectivity index (χ2n) is 2.76. The third-order valence-electron chi connectivity index (χ3n) is 1.97. The van der Waals surface area contributed by atoms with E-state index >= 15 is 0 Å². The standard InChI is InChI=1S/C9H5BrClNO2/c10-8-5-3-4-12(9(13)14)7(5)2-1-6(8)11/h1-4H,(H,13,14). The van der Waals surface area contributed by atoms with Crippen molar-refractivity contribution in [3.63, 3.8) is 0 Å². The summed E-state index contributed by atoms with van der Waals surface area (Å²) in [6.45, 7) is 0. The molecule has 0 unspecified atom stereocenters. The first-order valence-corrected chi connectivity index (χ1v) is 4.96. The lowest BCUT2D eigenvalue weighted by Crippen LogP contribution is -2.05. The van der Waals surface area contributed by atoms with Crippen molar-refractivity contribution in [2.45, 2.75) is 0 Å². The van der Waals surface area contributed by atoms with Crippen molar-refractivity contribution in [2.24, 2.45) is 0 Å². The highest BCUT2D eigenvalue weighted by atomic mass is 79.9. The minimum Gasteiger partial charge on any atom is -0.464 e. The number of hydrogen-bond donors (Lipinski definition) is 1. The van der Waals surface area contributed by atoms with Gasteiger partial charge in [-0.1, -0.05) is 11.6 Å². The molecule has 0 aliphatic carbocycles. The quantitative estimate of drug-likeness (QED) is 0.798. The van der Waals surface area contributed by atoms with E-state index in [-0.39, 0.29) is 0 Å². The number of carbonyl (C=O) groups is 1. The van der Waals surface area contributed by atoms with Crippen LogP contribution in [-0.2, 0) is 0 Å². The summed E-state index contributed by atoms with van der Waals surface area (Å²) >= 11 is 9.18. The fraction of sp³-hybridized carbons (Fsp3) is 0. The van der Waals surface area contributed by atoms with E-state index in [1.54, 1.807) is 18.2 Å². The van der Waals surface area contributed by atoms with Crippen LogP contribution in [0.15, 0.2) is 28.9 Å². The summed E-state index contributed by atoms with van der Waals surface area (Å²) in [6.07, 6.45) is 0.489. The van der Waals surface area contributed by atoms with Crippen molar-refractivity contribution in [1.82, 2.24) is 4.57 Å². The van der Waals surface area contributed by atoms with Crippen molar-refractivity contribution in [1.29, 1.82) is 0 Å². The summed E-state index contributed by atoms with van der Waals surface area (Å²) in [5.74, 6) is 0. The van der Waals surface area contributed by atoms with Crippen LogP contribution in [0.3, 0.4) is 0 Å².